The van der Waals surface area contributed by atoms with Gasteiger partial charge in [-0.05, 0) is 37.7 Å². The quantitative estimate of drug-likeness (QED) is 0.814. The smallest absolute Gasteiger partial charge is 0.267 e. The molecule has 128 valence electrons. The second kappa shape index (κ2) is 6.60. The third kappa shape index (κ3) is 2.95. The van der Waals surface area contributed by atoms with Crippen LogP contribution >= 0.6 is 11.3 Å². The zero-order valence-electron chi connectivity index (χ0n) is 13.8. The van der Waals surface area contributed by atoms with Gasteiger partial charge >= 0.3 is 0 Å². The molecule has 1 atom stereocenters. The van der Waals surface area contributed by atoms with Gasteiger partial charge in [0.15, 0.2) is 0 Å². The zero-order chi connectivity index (χ0) is 16.5. The molecule has 2 aromatic rings. The van der Waals surface area contributed by atoms with E-state index >= 15 is 0 Å². The first-order valence-electron chi connectivity index (χ1n) is 8.42. The van der Waals surface area contributed by atoms with Crippen LogP contribution in [0.15, 0.2) is 10.9 Å². The lowest BCUT2D eigenvalue weighted by Gasteiger charge is -2.23. The van der Waals surface area contributed by atoms with Gasteiger partial charge in [-0.3, -0.25) is 4.79 Å². The maximum absolute atomic E-state index is 12.3. The van der Waals surface area contributed by atoms with Gasteiger partial charge in [0.05, 0.1) is 18.3 Å². The van der Waals surface area contributed by atoms with Crippen molar-refractivity contribution in [2.24, 2.45) is 0 Å². The molecule has 3 heterocycles. The third-order valence-corrected chi connectivity index (χ3v) is 5.69. The number of nitrogens with zero attached hydrogens (tertiary/aromatic N) is 5. The molecule has 0 N–H and O–H groups in total. The summed E-state index contributed by atoms with van der Waals surface area (Å²) >= 11 is 1.56. The number of fused-ring (bicyclic) bond motifs is 1. The Morgan fingerprint density at radius 2 is 2.25 bits per heavy atom. The number of hydrogen-bond acceptors (Lipinski definition) is 7. The van der Waals surface area contributed by atoms with E-state index in [9.17, 15) is 4.79 Å². The Morgan fingerprint density at radius 1 is 1.33 bits per heavy atom. The van der Waals surface area contributed by atoms with E-state index in [1.54, 1.807) is 29.2 Å². The maximum Gasteiger partial charge on any atom is 0.267 e. The average Bonchev–Trinajstić information content (AvgIpc) is 3.28. The molecule has 8 heteroatoms. The maximum atomic E-state index is 12.3. The third-order valence-electron chi connectivity index (χ3n) is 4.75. The number of hydrogen-bond donors (Lipinski definition) is 0. The molecule has 1 unspecified atom stereocenters. The molecule has 0 radical (unpaired) electrons. The van der Waals surface area contributed by atoms with Gasteiger partial charge in [-0.2, -0.15) is 5.10 Å². The molecular weight excluding hydrogens is 326 g/mol. The minimum Gasteiger partial charge on any atom is -0.377 e. The van der Waals surface area contributed by atoms with Gasteiger partial charge in [0.1, 0.15) is 11.6 Å². The predicted molar refractivity (Wildman–Crippen MR) is 91.5 cm³/mol. The van der Waals surface area contributed by atoms with Gasteiger partial charge in [0.25, 0.3) is 5.56 Å². The topological polar surface area (TPSA) is 73.1 Å². The first-order valence-corrected chi connectivity index (χ1v) is 9.24. The summed E-state index contributed by atoms with van der Waals surface area (Å²) in [6.07, 6.45) is 5.23. The molecule has 0 saturated carbocycles. The van der Waals surface area contributed by atoms with Gasteiger partial charge < -0.3 is 9.64 Å². The average molecular weight is 347 g/mol. The van der Waals surface area contributed by atoms with Crippen molar-refractivity contribution in [3.8, 4) is 0 Å². The van der Waals surface area contributed by atoms with E-state index in [0.717, 1.165) is 60.0 Å². The summed E-state index contributed by atoms with van der Waals surface area (Å²) in [5.41, 5.74) is 2.24. The van der Waals surface area contributed by atoms with Crippen LogP contribution in [0.25, 0.3) is 0 Å². The number of methoxy groups -OCH3 is 1. The van der Waals surface area contributed by atoms with E-state index in [1.807, 2.05) is 0 Å². The monoisotopic (exact) mass is 347 g/mol. The highest BCUT2D eigenvalue weighted by Gasteiger charge is 2.29. The molecule has 0 aromatic carbocycles. The van der Waals surface area contributed by atoms with E-state index in [1.165, 1.54) is 0 Å². The van der Waals surface area contributed by atoms with Crippen molar-refractivity contribution >= 4 is 16.5 Å². The number of rotatable bonds is 5. The predicted octanol–water partition coefficient (Wildman–Crippen LogP) is 1.40. The lowest BCUT2D eigenvalue weighted by atomic mass is 10.2. The molecule has 2 aromatic heterocycles. The summed E-state index contributed by atoms with van der Waals surface area (Å²) in [6, 6.07) is 2.02. The van der Waals surface area contributed by atoms with Crippen molar-refractivity contribution in [3.05, 3.63) is 32.7 Å². The number of ether oxygens (including phenoxy) is 1. The van der Waals surface area contributed by atoms with E-state index < -0.39 is 0 Å². The minimum atomic E-state index is 0.0137. The van der Waals surface area contributed by atoms with Crippen molar-refractivity contribution in [3.63, 3.8) is 0 Å². The Hall–Kier alpha value is -1.80. The highest BCUT2D eigenvalue weighted by atomic mass is 32.1. The van der Waals surface area contributed by atoms with Crippen molar-refractivity contribution in [2.75, 3.05) is 18.6 Å². The molecule has 7 nitrogen and oxygen atoms in total. The zero-order valence-corrected chi connectivity index (χ0v) is 14.6. The molecule has 0 spiro atoms. The van der Waals surface area contributed by atoms with Gasteiger partial charge in [-0.25, -0.2) is 4.68 Å². The van der Waals surface area contributed by atoms with Crippen molar-refractivity contribution in [1.29, 1.82) is 0 Å². The highest BCUT2D eigenvalue weighted by molar-refractivity contribution is 7.15. The number of aryl methyl sites for hydroxylation is 2. The van der Waals surface area contributed by atoms with E-state index in [2.05, 4.69) is 20.2 Å². The van der Waals surface area contributed by atoms with Crippen LogP contribution in [0.3, 0.4) is 0 Å². The van der Waals surface area contributed by atoms with Crippen LogP contribution in [0, 0.1) is 0 Å². The first kappa shape index (κ1) is 15.7. The van der Waals surface area contributed by atoms with Crippen LogP contribution in [0.1, 0.15) is 35.5 Å². The molecule has 1 fully saturated rings. The fourth-order valence-electron chi connectivity index (χ4n) is 3.59. The van der Waals surface area contributed by atoms with Crippen LogP contribution in [0.5, 0.6) is 0 Å². The van der Waals surface area contributed by atoms with Crippen LogP contribution in [-0.4, -0.2) is 39.7 Å². The molecule has 1 aliphatic carbocycles. The summed E-state index contributed by atoms with van der Waals surface area (Å²) in [7, 11) is 1.66. The fourth-order valence-corrected chi connectivity index (χ4v) is 4.50. The molecule has 2 aliphatic rings. The Kier molecular flexibility index (Phi) is 4.32. The second-order valence-corrected chi connectivity index (χ2v) is 7.43. The molecular formula is C16H21N5O2S. The molecule has 24 heavy (non-hydrogen) atoms. The van der Waals surface area contributed by atoms with Gasteiger partial charge in [0, 0.05) is 19.7 Å². The molecule has 1 saturated heterocycles. The van der Waals surface area contributed by atoms with Gasteiger partial charge in [0.2, 0.25) is 5.13 Å². The molecule has 0 amide bonds. The first-order chi connectivity index (χ1) is 11.7. The lowest BCUT2D eigenvalue weighted by molar-refractivity contribution is 0.184. The Bertz CT molecular complexity index is 787. The number of aromatic nitrogens is 4. The van der Waals surface area contributed by atoms with Crippen molar-refractivity contribution in [2.45, 2.75) is 51.3 Å². The highest BCUT2D eigenvalue weighted by Crippen LogP contribution is 2.29. The standard InChI is InChI=1S/C16H21N5O2S/c1-23-10-14-17-18-16(24-14)20-7-3-5-12(20)9-21-15(22)8-11-4-2-6-13(11)19-21/h8,12H,2-7,9-10H2,1H3. The van der Waals surface area contributed by atoms with Crippen LogP contribution in [-0.2, 0) is 30.7 Å². The van der Waals surface area contributed by atoms with Crippen LogP contribution in [0.4, 0.5) is 5.13 Å². The largest absolute Gasteiger partial charge is 0.377 e. The normalized spacial score (nSPS) is 19.9. The molecule has 4 rings (SSSR count). The van der Waals surface area contributed by atoms with Gasteiger partial charge in [-0.15, -0.1) is 10.2 Å². The van der Waals surface area contributed by atoms with Gasteiger partial charge in [-0.1, -0.05) is 11.3 Å². The van der Waals surface area contributed by atoms with Crippen LogP contribution in [0.2, 0.25) is 0 Å². The molecule has 1 aliphatic heterocycles. The summed E-state index contributed by atoms with van der Waals surface area (Å²) in [6.45, 7) is 2.05. The summed E-state index contributed by atoms with van der Waals surface area (Å²) in [5.74, 6) is 0. The van der Waals surface area contributed by atoms with E-state index in [-0.39, 0.29) is 11.6 Å². The van der Waals surface area contributed by atoms with Crippen molar-refractivity contribution in [1.82, 2.24) is 20.0 Å². The SMILES string of the molecule is COCc1nnc(N2CCCC2Cn2nc3c(cc2=O)CCC3)s1. The van der Waals surface area contributed by atoms with Crippen LogP contribution < -0.4 is 10.5 Å². The molecule has 0 bridgehead atoms. The minimum absolute atomic E-state index is 0.0137. The fraction of sp³-hybridized carbons (Fsp3) is 0.625. The van der Waals surface area contributed by atoms with E-state index in [4.69, 9.17) is 4.74 Å². The lowest BCUT2D eigenvalue weighted by Crippen LogP contribution is -2.37. The Balaban J connectivity index is 1.54. The summed E-state index contributed by atoms with van der Waals surface area (Å²) < 4.78 is 6.76. The Morgan fingerprint density at radius 3 is 3.12 bits per heavy atom. The summed E-state index contributed by atoms with van der Waals surface area (Å²) in [5, 5.41) is 14.9. The Labute approximate surface area is 144 Å². The number of anilines is 1. The summed E-state index contributed by atoms with van der Waals surface area (Å²) in [4.78, 5) is 14.6. The van der Waals surface area contributed by atoms with E-state index in [0.29, 0.717) is 13.2 Å². The van der Waals surface area contributed by atoms with Crippen molar-refractivity contribution < 1.29 is 4.74 Å². The second-order valence-electron chi connectivity index (χ2n) is 6.39.